The molecule has 1 aromatic rings. The molecule has 0 amide bonds. The molecule has 4 nitrogen and oxygen atoms in total. The van der Waals surface area contributed by atoms with Crippen molar-refractivity contribution in [2.45, 2.75) is 32.2 Å². The number of nitrogens with one attached hydrogen (secondary N) is 1. The smallest absolute Gasteiger partial charge is 0.112 e. The van der Waals surface area contributed by atoms with Gasteiger partial charge in [0.05, 0.1) is 0 Å². The zero-order chi connectivity index (χ0) is 11.7. The lowest BCUT2D eigenvalue weighted by Gasteiger charge is -2.30. The quantitative estimate of drug-likeness (QED) is 0.858. The van der Waals surface area contributed by atoms with Gasteiger partial charge in [-0.05, 0) is 19.8 Å². The van der Waals surface area contributed by atoms with E-state index in [1.54, 1.807) is 0 Å². The molecule has 1 aromatic heterocycles. The fourth-order valence-electron chi connectivity index (χ4n) is 2.73. The van der Waals surface area contributed by atoms with Crippen molar-refractivity contribution >= 4 is 0 Å². The number of aromatic nitrogens is 2. The third-order valence-corrected chi connectivity index (χ3v) is 3.98. The van der Waals surface area contributed by atoms with Gasteiger partial charge in [-0.1, -0.05) is 0 Å². The van der Waals surface area contributed by atoms with Gasteiger partial charge in [0.2, 0.25) is 0 Å². The third kappa shape index (κ3) is 2.24. The number of imidazole rings is 1. The molecular formula is C13H21N3O. The largest absolute Gasteiger partial charge is 0.381 e. The fraction of sp³-hybridized carbons (Fsp3) is 0.769. The summed E-state index contributed by atoms with van der Waals surface area (Å²) in [6, 6.07) is 0. The van der Waals surface area contributed by atoms with E-state index in [9.17, 15) is 0 Å². The first-order chi connectivity index (χ1) is 8.34. The van der Waals surface area contributed by atoms with Gasteiger partial charge < -0.3 is 14.6 Å². The van der Waals surface area contributed by atoms with E-state index in [0.717, 1.165) is 51.6 Å². The number of hydrogen-bond donors (Lipinski definition) is 1. The molecule has 3 rings (SSSR count). The van der Waals surface area contributed by atoms with E-state index in [1.165, 1.54) is 11.5 Å². The van der Waals surface area contributed by atoms with Crippen LogP contribution in [0.5, 0.6) is 0 Å². The average molecular weight is 235 g/mol. The summed E-state index contributed by atoms with van der Waals surface area (Å²) in [6.07, 6.45) is 4.27. The number of hydrogen-bond acceptors (Lipinski definition) is 3. The lowest BCUT2D eigenvalue weighted by atomic mass is 9.98. The SMILES string of the molecule is Cc1cnc(C2CCOCC2)n1CC1CNC1. The summed E-state index contributed by atoms with van der Waals surface area (Å²) in [7, 11) is 0. The molecule has 2 saturated heterocycles. The van der Waals surface area contributed by atoms with E-state index in [4.69, 9.17) is 4.74 Å². The summed E-state index contributed by atoms with van der Waals surface area (Å²) in [4.78, 5) is 4.64. The first-order valence-corrected chi connectivity index (χ1v) is 6.65. The van der Waals surface area contributed by atoms with Gasteiger partial charge in [0.25, 0.3) is 0 Å². The molecule has 1 N–H and O–H groups in total. The van der Waals surface area contributed by atoms with Crippen LogP contribution in [0.3, 0.4) is 0 Å². The van der Waals surface area contributed by atoms with Crippen LogP contribution >= 0.6 is 0 Å². The summed E-state index contributed by atoms with van der Waals surface area (Å²) in [5.41, 5.74) is 1.30. The summed E-state index contributed by atoms with van der Waals surface area (Å²) >= 11 is 0. The first kappa shape index (κ1) is 11.2. The molecule has 0 unspecified atom stereocenters. The second-order valence-electron chi connectivity index (χ2n) is 5.28. The molecule has 0 saturated carbocycles. The molecule has 2 aliphatic rings. The van der Waals surface area contributed by atoms with Crippen molar-refractivity contribution in [2.75, 3.05) is 26.3 Å². The molecule has 4 heteroatoms. The Bertz CT molecular complexity index is 378. The van der Waals surface area contributed by atoms with Gasteiger partial charge in [-0.3, -0.25) is 0 Å². The fourth-order valence-corrected chi connectivity index (χ4v) is 2.73. The Morgan fingerprint density at radius 2 is 2.18 bits per heavy atom. The van der Waals surface area contributed by atoms with Crippen LogP contribution in [-0.4, -0.2) is 35.9 Å². The van der Waals surface area contributed by atoms with Crippen molar-refractivity contribution in [2.24, 2.45) is 5.92 Å². The molecule has 0 radical (unpaired) electrons. The van der Waals surface area contributed by atoms with Crippen LogP contribution in [0.4, 0.5) is 0 Å². The molecule has 17 heavy (non-hydrogen) atoms. The maximum Gasteiger partial charge on any atom is 0.112 e. The summed E-state index contributed by atoms with van der Waals surface area (Å²) in [5, 5.41) is 3.34. The summed E-state index contributed by atoms with van der Waals surface area (Å²) in [6.45, 7) is 7.40. The highest BCUT2D eigenvalue weighted by Crippen LogP contribution is 2.27. The van der Waals surface area contributed by atoms with Crippen molar-refractivity contribution in [1.82, 2.24) is 14.9 Å². The van der Waals surface area contributed by atoms with Crippen molar-refractivity contribution in [1.29, 1.82) is 0 Å². The molecule has 2 aliphatic heterocycles. The number of aryl methyl sites for hydroxylation is 1. The van der Waals surface area contributed by atoms with E-state index < -0.39 is 0 Å². The summed E-state index contributed by atoms with van der Waals surface area (Å²) < 4.78 is 7.87. The van der Waals surface area contributed by atoms with E-state index in [1.807, 2.05) is 6.20 Å². The summed E-state index contributed by atoms with van der Waals surface area (Å²) in [5.74, 6) is 2.68. The van der Waals surface area contributed by atoms with Gasteiger partial charge in [0.15, 0.2) is 0 Å². The second kappa shape index (κ2) is 4.78. The lowest BCUT2D eigenvalue weighted by molar-refractivity contribution is 0.0824. The Morgan fingerprint density at radius 3 is 2.82 bits per heavy atom. The second-order valence-corrected chi connectivity index (χ2v) is 5.28. The molecule has 0 aromatic carbocycles. The van der Waals surface area contributed by atoms with Crippen LogP contribution in [0, 0.1) is 12.8 Å². The molecule has 3 heterocycles. The van der Waals surface area contributed by atoms with E-state index >= 15 is 0 Å². The normalized spacial score (nSPS) is 22.6. The van der Waals surface area contributed by atoms with Crippen molar-refractivity contribution in [3.63, 3.8) is 0 Å². The predicted octanol–water partition coefficient (Wildman–Crippen LogP) is 1.30. The highest BCUT2D eigenvalue weighted by Gasteiger charge is 2.24. The van der Waals surface area contributed by atoms with Gasteiger partial charge >= 0.3 is 0 Å². The van der Waals surface area contributed by atoms with E-state index in [-0.39, 0.29) is 0 Å². The molecule has 2 fully saturated rings. The monoisotopic (exact) mass is 235 g/mol. The molecule has 0 atom stereocenters. The maximum atomic E-state index is 5.43. The Labute approximate surface area is 102 Å². The molecule has 94 valence electrons. The third-order valence-electron chi connectivity index (χ3n) is 3.98. The maximum absolute atomic E-state index is 5.43. The Kier molecular flexibility index (Phi) is 3.16. The van der Waals surface area contributed by atoms with Gasteiger partial charge in [0.1, 0.15) is 5.82 Å². The zero-order valence-corrected chi connectivity index (χ0v) is 10.5. The lowest BCUT2D eigenvalue weighted by Crippen LogP contribution is -2.44. The average Bonchev–Trinajstić information content (AvgIpc) is 2.66. The highest BCUT2D eigenvalue weighted by atomic mass is 16.5. The Hall–Kier alpha value is -0.870. The highest BCUT2D eigenvalue weighted by molar-refractivity contribution is 5.09. The van der Waals surface area contributed by atoms with Crippen molar-refractivity contribution in [3.05, 3.63) is 17.7 Å². The minimum atomic E-state index is 0.602. The Balaban J connectivity index is 1.77. The zero-order valence-electron chi connectivity index (χ0n) is 10.5. The standard InChI is InChI=1S/C13H21N3O/c1-10-6-15-13(12-2-4-17-5-3-12)16(10)9-11-7-14-8-11/h6,11-12,14H,2-5,7-9H2,1H3. The molecule has 0 bridgehead atoms. The molecular weight excluding hydrogens is 214 g/mol. The van der Waals surface area contributed by atoms with Gasteiger partial charge in [-0.25, -0.2) is 4.98 Å². The van der Waals surface area contributed by atoms with Crippen molar-refractivity contribution < 1.29 is 4.74 Å². The van der Waals surface area contributed by atoms with Crippen LogP contribution < -0.4 is 5.32 Å². The molecule has 0 spiro atoms. The topological polar surface area (TPSA) is 39.1 Å². The Morgan fingerprint density at radius 1 is 1.41 bits per heavy atom. The van der Waals surface area contributed by atoms with Crippen LogP contribution in [0.2, 0.25) is 0 Å². The van der Waals surface area contributed by atoms with Crippen LogP contribution in [0.15, 0.2) is 6.20 Å². The minimum Gasteiger partial charge on any atom is -0.381 e. The number of ether oxygens (including phenoxy) is 1. The number of rotatable bonds is 3. The first-order valence-electron chi connectivity index (χ1n) is 6.65. The van der Waals surface area contributed by atoms with Gasteiger partial charge in [-0.2, -0.15) is 0 Å². The number of nitrogens with zero attached hydrogens (tertiary/aromatic N) is 2. The minimum absolute atomic E-state index is 0.602. The van der Waals surface area contributed by atoms with Gasteiger partial charge in [-0.15, -0.1) is 0 Å². The van der Waals surface area contributed by atoms with Gasteiger partial charge in [0, 0.05) is 56.6 Å². The molecule has 0 aliphatic carbocycles. The van der Waals surface area contributed by atoms with Crippen LogP contribution in [0.1, 0.15) is 30.3 Å². The predicted molar refractivity (Wildman–Crippen MR) is 66.1 cm³/mol. The van der Waals surface area contributed by atoms with Crippen LogP contribution in [-0.2, 0) is 11.3 Å². The van der Waals surface area contributed by atoms with E-state index in [2.05, 4.69) is 21.8 Å². The van der Waals surface area contributed by atoms with Crippen molar-refractivity contribution in [3.8, 4) is 0 Å². The van der Waals surface area contributed by atoms with Crippen LogP contribution in [0.25, 0.3) is 0 Å². The van der Waals surface area contributed by atoms with E-state index in [0.29, 0.717) is 5.92 Å².